The van der Waals surface area contributed by atoms with Crippen LogP contribution in [-0.2, 0) is 0 Å². The Labute approximate surface area is 102 Å². The predicted molar refractivity (Wildman–Crippen MR) is 63.7 cm³/mol. The fraction of sp³-hybridized carbons (Fsp3) is 1.00. The van der Waals surface area contributed by atoms with Gasteiger partial charge in [-0.3, -0.25) is 0 Å². The summed E-state index contributed by atoms with van der Waals surface area (Å²) in [6.07, 6.45) is 4.51. The smallest absolute Gasteiger partial charge is 0.328 e. The Morgan fingerprint density at radius 3 is 2.29 bits per heavy atom. The van der Waals surface area contributed by atoms with Crippen LogP contribution in [0.4, 0.5) is 13.2 Å². The minimum absolute atomic E-state index is 0.0423. The van der Waals surface area contributed by atoms with Gasteiger partial charge in [0.25, 0.3) is 0 Å². The molecule has 2 N–H and O–H groups in total. The van der Waals surface area contributed by atoms with Crippen molar-refractivity contribution in [3.63, 3.8) is 0 Å². The summed E-state index contributed by atoms with van der Waals surface area (Å²) in [5, 5.41) is 0. The SMILES string of the molecule is NC(CCCC(F)(F)F)CCC1CCCCC1. The first-order valence-electron chi connectivity index (χ1n) is 6.80. The van der Waals surface area contributed by atoms with Gasteiger partial charge in [0.05, 0.1) is 0 Å². The van der Waals surface area contributed by atoms with Gasteiger partial charge in [-0.1, -0.05) is 32.1 Å². The van der Waals surface area contributed by atoms with Crippen LogP contribution in [0.5, 0.6) is 0 Å². The molecule has 1 nitrogen and oxygen atoms in total. The molecule has 0 heterocycles. The molecule has 4 heteroatoms. The average Bonchev–Trinajstić information content (AvgIpc) is 2.26. The van der Waals surface area contributed by atoms with E-state index >= 15 is 0 Å². The van der Waals surface area contributed by atoms with E-state index in [1.54, 1.807) is 0 Å². The second-order valence-corrected chi connectivity index (χ2v) is 5.35. The first-order valence-corrected chi connectivity index (χ1v) is 6.80. The third kappa shape index (κ3) is 7.63. The highest BCUT2D eigenvalue weighted by atomic mass is 19.4. The van der Waals surface area contributed by atoms with Gasteiger partial charge in [0.2, 0.25) is 0 Å². The number of nitrogens with two attached hydrogens (primary N) is 1. The van der Waals surface area contributed by atoms with E-state index in [0.717, 1.165) is 18.8 Å². The summed E-state index contributed by atoms with van der Waals surface area (Å²) in [5.41, 5.74) is 5.85. The molecule has 0 aromatic carbocycles. The van der Waals surface area contributed by atoms with Crippen LogP contribution in [-0.4, -0.2) is 12.2 Å². The quantitative estimate of drug-likeness (QED) is 0.743. The normalized spacial score (nSPS) is 20.5. The van der Waals surface area contributed by atoms with Crippen LogP contribution in [0, 0.1) is 5.92 Å². The van der Waals surface area contributed by atoms with Crippen LogP contribution in [0.25, 0.3) is 0 Å². The van der Waals surface area contributed by atoms with Crippen molar-refractivity contribution in [2.75, 3.05) is 0 Å². The Hall–Kier alpha value is -0.250. The van der Waals surface area contributed by atoms with Gasteiger partial charge in [-0.2, -0.15) is 13.2 Å². The summed E-state index contributed by atoms with van der Waals surface area (Å²) >= 11 is 0. The number of alkyl halides is 3. The van der Waals surface area contributed by atoms with Crippen LogP contribution >= 0.6 is 0 Å². The highest BCUT2D eigenvalue weighted by Gasteiger charge is 2.26. The summed E-state index contributed by atoms with van der Waals surface area (Å²) < 4.78 is 35.8. The third-order valence-corrected chi connectivity index (χ3v) is 3.71. The number of rotatable bonds is 6. The molecule has 0 spiro atoms. The average molecular weight is 251 g/mol. The van der Waals surface area contributed by atoms with E-state index in [9.17, 15) is 13.2 Å². The van der Waals surface area contributed by atoms with Gasteiger partial charge in [0.1, 0.15) is 0 Å². The van der Waals surface area contributed by atoms with Crippen molar-refractivity contribution >= 4 is 0 Å². The summed E-state index contributed by atoms with van der Waals surface area (Å²) in [5.74, 6) is 0.775. The zero-order chi connectivity index (χ0) is 12.7. The summed E-state index contributed by atoms with van der Waals surface area (Å²) in [6.45, 7) is 0. The van der Waals surface area contributed by atoms with Crippen molar-refractivity contribution in [1.29, 1.82) is 0 Å². The lowest BCUT2D eigenvalue weighted by molar-refractivity contribution is -0.135. The predicted octanol–water partition coefficient (Wildman–Crippen LogP) is 4.41. The van der Waals surface area contributed by atoms with Crippen LogP contribution in [0.3, 0.4) is 0 Å². The molecule has 1 saturated carbocycles. The Morgan fingerprint density at radius 2 is 1.71 bits per heavy atom. The molecule has 1 aliphatic rings. The largest absolute Gasteiger partial charge is 0.389 e. The maximum Gasteiger partial charge on any atom is 0.389 e. The van der Waals surface area contributed by atoms with Crippen molar-refractivity contribution in [2.24, 2.45) is 11.7 Å². The van der Waals surface area contributed by atoms with E-state index in [1.165, 1.54) is 32.1 Å². The lowest BCUT2D eigenvalue weighted by atomic mass is 9.85. The highest BCUT2D eigenvalue weighted by molar-refractivity contribution is 4.70. The van der Waals surface area contributed by atoms with Crippen molar-refractivity contribution in [1.82, 2.24) is 0 Å². The third-order valence-electron chi connectivity index (χ3n) is 3.71. The second-order valence-electron chi connectivity index (χ2n) is 5.35. The maximum atomic E-state index is 11.9. The first kappa shape index (κ1) is 14.8. The second kappa shape index (κ2) is 7.24. The van der Waals surface area contributed by atoms with Gasteiger partial charge in [-0.05, 0) is 31.6 Å². The molecule has 102 valence electrons. The molecule has 1 aliphatic carbocycles. The zero-order valence-corrected chi connectivity index (χ0v) is 10.4. The Bertz CT molecular complexity index is 197. The topological polar surface area (TPSA) is 26.0 Å². The van der Waals surface area contributed by atoms with Crippen LogP contribution in [0.1, 0.15) is 64.2 Å². The van der Waals surface area contributed by atoms with Gasteiger partial charge in [0.15, 0.2) is 0 Å². The van der Waals surface area contributed by atoms with E-state index in [-0.39, 0.29) is 12.5 Å². The monoisotopic (exact) mass is 251 g/mol. The molecule has 0 aliphatic heterocycles. The lowest BCUT2D eigenvalue weighted by Gasteiger charge is -2.23. The Kier molecular flexibility index (Phi) is 6.31. The van der Waals surface area contributed by atoms with Crippen molar-refractivity contribution in [2.45, 2.75) is 76.4 Å². The molecular weight excluding hydrogens is 227 g/mol. The molecule has 0 aromatic heterocycles. The minimum Gasteiger partial charge on any atom is -0.328 e. The van der Waals surface area contributed by atoms with Gasteiger partial charge >= 0.3 is 6.18 Å². The van der Waals surface area contributed by atoms with E-state index in [2.05, 4.69) is 0 Å². The molecular formula is C13H24F3N. The van der Waals surface area contributed by atoms with Crippen LogP contribution < -0.4 is 5.73 Å². The highest BCUT2D eigenvalue weighted by Crippen LogP contribution is 2.28. The molecule has 17 heavy (non-hydrogen) atoms. The van der Waals surface area contributed by atoms with Gasteiger partial charge < -0.3 is 5.73 Å². The standard InChI is InChI=1S/C13H24F3N/c14-13(15,16)10-4-7-12(17)9-8-11-5-2-1-3-6-11/h11-12H,1-10,17H2. The maximum absolute atomic E-state index is 11.9. The Morgan fingerprint density at radius 1 is 1.06 bits per heavy atom. The van der Waals surface area contributed by atoms with Gasteiger partial charge in [-0.15, -0.1) is 0 Å². The first-order chi connectivity index (χ1) is 7.97. The zero-order valence-electron chi connectivity index (χ0n) is 10.4. The van der Waals surface area contributed by atoms with Gasteiger partial charge in [-0.25, -0.2) is 0 Å². The minimum atomic E-state index is -4.02. The van der Waals surface area contributed by atoms with E-state index in [4.69, 9.17) is 5.73 Å². The van der Waals surface area contributed by atoms with Gasteiger partial charge in [0, 0.05) is 12.5 Å². The lowest BCUT2D eigenvalue weighted by Crippen LogP contribution is -2.22. The number of hydrogen-bond donors (Lipinski definition) is 1. The number of halogens is 3. The van der Waals surface area contributed by atoms with E-state index in [0.29, 0.717) is 6.42 Å². The molecule has 0 amide bonds. The molecule has 1 unspecified atom stereocenters. The molecule has 1 atom stereocenters. The number of hydrogen-bond acceptors (Lipinski definition) is 1. The van der Waals surface area contributed by atoms with E-state index in [1.807, 2.05) is 0 Å². The molecule has 0 aromatic rings. The van der Waals surface area contributed by atoms with Crippen LogP contribution in [0.2, 0.25) is 0 Å². The molecule has 0 bridgehead atoms. The van der Waals surface area contributed by atoms with Crippen LogP contribution in [0.15, 0.2) is 0 Å². The summed E-state index contributed by atoms with van der Waals surface area (Å²) in [4.78, 5) is 0. The summed E-state index contributed by atoms with van der Waals surface area (Å²) in [7, 11) is 0. The fourth-order valence-corrected chi connectivity index (χ4v) is 2.63. The van der Waals surface area contributed by atoms with Crippen molar-refractivity contribution in [3.05, 3.63) is 0 Å². The molecule has 1 rings (SSSR count). The molecule has 0 radical (unpaired) electrons. The molecule has 0 saturated heterocycles. The van der Waals surface area contributed by atoms with Crippen molar-refractivity contribution < 1.29 is 13.2 Å². The molecule has 1 fully saturated rings. The Balaban J connectivity index is 2.02. The fourth-order valence-electron chi connectivity index (χ4n) is 2.63. The van der Waals surface area contributed by atoms with E-state index < -0.39 is 12.6 Å². The summed E-state index contributed by atoms with van der Waals surface area (Å²) in [6, 6.07) is -0.0423. The van der Waals surface area contributed by atoms with Crippen molar-refractivity contribution in [3.8, 4) is 0 Å².